The third-order valence-electron chi connectivity index (χ3n) is 7.64. The number of likely N-dealkylation sites (tertiary alicyclic amines) is 1. The molecule has 1 atom stereocenters. The Morgan fingerprint density at radius 2 is 1.74 bits per heavy atom. The van der Waals surface area contributed by atoms with Crippen molar-refractivity contribution < 1.29 is 4.79 Å². The SMILES string of the molecule is Cn1c(N2CCCC(C(=O)NCCCN3CCC(Cc4ccccc4)CC3)C2)cc(=O)n(C)c1=O. The average Bonchev–Trinajstić information content (AvgIpc) is 2.89. The van der Waals surface area contributed by atoms with Gasteiger partial charge in [0.05, 0.1) is 5.92 Å². The minimum atomic E-state index is -0.344. The van der Waals surface area contributed by atoms with Gasteiger partial charge in [0, 0.05) is 39.8 Å². The second-order valence-corrected chi connectivity index (χ2v) is 10.1. The quantitative estimate of drug-likeness (QED) is 0.582. The van der Waals surface area contributed by atoms with E-state index >= 15 is 0 Å². The zero-order valence-electron chi connectivity index (χ0n) is 21.1. The first kappa shape index (κ1) is 25.2. The maximum absolute atomic E-state index is 12.8. The molecule has 1 unspecified atom stereocenters. The summed E-state index contributed by atoms with van der Waals surface area (Å²) in [5, 5.41) is 3.13. The van der Waals surface area contributed by atoms with E-state index in [-0.39, 0.29) is 23.1 Å². The molecule has 2 aliphatic heterocycles. The van der Waals surface area contributed by atoms with Crippen LogP contribution in [0.4, 0.5) is 5.82 Å². The predicted octanol–water partition coefficient (Wildman–Crippen LogP) is 1.76. The highest BCUT2D eigenvalue weighted by Crippen LogP contribution is 2.23. The number of hydrogen-bond donors (Lipinski definition) is 1. The number of nitrogens with zero attached hydrogens (tertiary/aromatic N) is 4. The van der Waals surface area contributed by atoms with Gasteiger partial charge in [0.25, 0.3) is 5.56 Å². The minimum Gasteiger partial charge on any atom is -0.357 e. The van der Waals surface area contributed by atoms with E-state index in [2.05, 4.69) is 40.5 Å². The summed E-state index contributed by atoms with van der Waals surface area (Å²) in [5.41, 5.74) is 0.772. The number of nitrogens with one attached hydrogen (secondary N) is 1. The second-order valence-electron chi connectivity index (χ2n) is 10.1. The maximum atomic E-state index is 12.8. The van der Waals surface area contributed by atoms with Crippen LogP contribution in [0.1, 0.15) is 37.7 Å². The molecule has 1 N–H and O–H groups in total. The largest absolute Gasteiger partial charge is 0.357 e. The van der Waals surface area contributed by atoms with Crippen molar-refractivity contribution in [2.24, 2.45) is 25.9 Å². The van der Waals surface area contributed by atoms with Crippen LogP contribution in [0.25, 0.3) is 0 Å². The Bertz CT molecular complexity index is 1100. The molecule has 190 valence electrons. The molecule has 1 amide bonds. The summed E-state index contributed by atoms with van der Waals surface area (Å²) in [4.78, 5) is 41.8. The van der Waals surface area contributed by atoms with Crippen LogP contribution in [0.5, 0.6) is 0 Å². The average molecular weight is 482 g/mol. The highest BCUT2D eigenvalue weighted by atomic mass is 16.2. The summed E-state index contributed by atoms with van der Waals surface area (Å²) in [6.07, 6.45) is 6.30. The van der Waals surface area contributed by atoms with Gasteiger partial charge in [-0.05, 0) is 69.6 Å². The smallest absolute Gasteiger partial charge is 0.332 e. The van der Waals surface area contributed by atoms with Crippen LogP contribution in [0.3, 0.4) is 0 Å². The minimum absolute atomic E-state index is 0.0742. The topological polar surface area (TPSA) is 79.6 Å². The van der Waals surface area contributed by atoms with Crippen LogP contribution < -0.4 is 21.5 Å². The van der Waals surface area contributed by atoms with Crippen molar-refractivity contribution in [2.75, 3.05) is 44.2 Å². The van der Waals surface area contributed by atoms with Crippen molar-refractivity contribution in [3.8, 4) is 0 Å². The molecule has 0 bridgehead atoms. The lowest BCUT2D eigenvalue weighted by molar-refractivity contribution is -0.125. The normalized spacial score (nSPS) is 19.6. The first-order valence-corrected chi connectivity index (χ1v) is 13.0. The maximum Gasteiger partial charge on any atom is 0.332 e. The van der Waals surface area contributed by atoms with Gasteiger partial charge in [-0.2, -0.15) is 0 Å². The van der Waals surface area contributed by atoms with E-state index in [4.69, 9.17) is 0 Å². The molecular formula is C27H39N5O3. The first-order valence-electron chi connectivity index (χ1n) is 13.0. The zero-order chi connectivity index (χ0) is 24.8. The lowest BCUT2D eigenvalue weighted by atomic mass is 9.90. The van der Waals surface area contributed by atoms with Gasteiger partial charge < -0.3 is 15.1 Å². The lowest BCUT2D eigenvalue weighted by Gasteiger charge is -2.34. The summed E-state index contributed by atoms with van der Waals surface area (Å²) >= 11 is 0. The number of amides is 1. The molecule has 3 heterocycles. The number of carbonyl (C=O) groups is 1. The summed E-state index contributed by atoms with van der Waals surface area (Å²) in [5.74, 6) is 1.31. The van der Waals surface area contributed by atoms with E-state index in [0.29, 0.717) is 18.9 Å². The molecule has 8 nitrogen and oxygen atoms in total. The van der Waals surface area contributed by atoms with Crippen molar-refractivity contribution in [1.82, 2.24) is 19.4 Å². The van der Waals surface area contributed by atoms with Gasteiger partial charge in [0.1, 0.15) is 5.82 Å². The Balaban J connectivity index is 1.18. The summed E-state index contributed by atoms with van der Waals surface area (Å²) < 4.78 is 2.59. The first-order chi connectivity index (χ1) is 16.9. The van der Waals surface area contributed by atoms with Crippen molar-refractivity contribution >= 4 is 11.7 Å². The van der Waals surface area contributed by atoms with Crippen LogP contribution in [-0.4, -0.2) is 59.2 Å². The molecule has 0 saturated carbocycles. The fraction of sp³-hybridized carbons (Fsp3) is 0.593. The van der Waals surface area contributed by atoms with E-state index in [1.54, 1.807) is 7.05 Å². The van der Waals surface area contributed by atoms with Crippen LogP contribution in [-0.2, 0) is 25.3 Å². The Kier molecular flexibility index (Phi) is 8.44. The highest BCUT2D eigenvalue weighted by Gasteiger charge is 2.27. The second kappa shape index (κ2) is 11.7. The Morgan fingerprint density at radius 3 is 2.49 bits per heavy atom. The monoisotopic (exact) mass is 481 g/mol. The van der Waals surface area contributed by atoms with Gasteiger partial charge in [0.15, 0.2) is 0 Å². The van der Waals surface area contributed by atoms with Crippen LogP contribution >= 0.6 is 0 Å². The summed E-state index contributed by atoms with van der Waals surface area (Å²) in [7, 11) is 3.15. The summed E-state index contributed by atoms with van der Waals surface area (Å²) in [6, 6.07) is 12.3. The number of hydrogen-bond acceptors (Lipinski definition) is 5. The van der Waals surface area contributed by atoms with Gasteiger partial charge in [-0.25, -0.2) is 4.79 Å². The van der Waals surface area contributed by atoms with Crippen molar-refractivity contribution in [1.29, 1.82) is 0 Å². The highest BCUT2D eigenvalue weighted by molar-refractivity contribution is 5.79. The lowest BCUT2D eigenvalue weighted by Crippen LogP contribution is -2.47. The number of rotatable bonds is 8. The molecule has 35 heavy (non-hydrogen) atoms. The molecule has 2 aromatic rings. The van der Waals surface area contributed by atoms with Crippen molar-refractivity contribution in [3.63, 3.8) is 0 Å². The van der Waals surface area contributed by atoms with E-state index in [9.17, 15) is 14.4 Å². The van der Waals surface area contributed by atoms with E-state index < -0.39 is 0 Å². The number of piperidine rings is 2. The molecule has 2 saturated heterocycles. The third kappa shape index (κ3) is 6.42. The zero-order valence-corrected chi connectivity index (χ0v) is 21.1. The molecule has 2 aliphatic rings. The Hall–Kier alpha value is -2.87. The molecule has 0 radical (unpaired) electrons. The number of benzene rings is 1. The van der Waals surface area contributed by atoms with Crippen molar-refractivity contribution in [2.45, 2.75) is 38.5 Å². The van der Waals surface area contributed by atoms with Gasteiger partial charge in [-0.1, -0.05) is 30.3 Å². The molecule has 0 aliphatic carbocycles. The number of aromatic nitrogens is 2. The molecule has 1 aromatic carbocycles. The van der Waals surface area contributed by atoms with Gasteiger partial charge in [-0.15, -0.1) is 0 Å². The third-order valence-corrected chi connectivity index (χ3v) is 7.64. The molecule has 0 spiro atoms. The standard InChI is InChI=1S/C27H39N5O3/c1-29-24(19-25(33)30(2)27(29)35)32-15-6-10-23(20-32)26(34)28-13-7-14-31-16-11-22(12-17-31)18-21-8-4-3-5-9-21/h3-5,8-9,19,22-23H,6-7,10-18,20H2,1-2H3,(H,28,34). The fourth-order valence-electron chi connectivity index (χ4n) is 5.44. The van der Waals surface area contributed by atoms with E-state index in [0.717, 1.165) is 55.9 Å². The van der Waals surface area contributed by atoms with E-state index in [1.807, 2.05) is 4.90 Å². The van der Waals surface area contributed by atoms with Gasteiger partial charge in [-0.3, -0.25) is 18.7 Å². The van der Waals surface area contributed by atoms with Crippen molar-refractivity contribution in [3.05, 3.63) is 62.8 Å². The molecular weight excluding hydrogens is 442 g/mol. The summed E-state index contributed by atoms with van der Waals surface area (Å²) in [6.45, 7) is 5.25. The Morgan fingerprint density at radius 1 is 1.00 bits per heavy atom. The number of carbonyl (C=O) groups excluding carboxylic acids is 1. The molecule has 4 rings (SSSR count). The molecule has 8 heteroatoms. The van der Waals surface area contributed by atoms with E-state index in [1.165, 1.54) is 42.5 Å². The fourth-order valence-corrected chi connectivity index (χ4v) is 5.44. The van der Waals surface area contributed by atoms with Crippen LogP contribution in [0.2, 0.25) is 0 Å². The van der Waals surface area contributed by atoms with Crippen LogP contribution in [0.15, 0.2) is 46.0 Å². The van der Waals surface area contributed by atoms with Crippen LogP contribution in [0, 0.1) is 11.8 Å². The molecule has 2 fully saturated rings. The Labute approximate surface area is 207 Å². The number of anilines is 1. The van der Waals surface area contributed by atoms with Gasteiger partial charge in [0.2, 0.25) is 5.91 Å². The van der Waals surface area contributed by atoms with Gasteiger partial charge >= 0.3 is 5.69 Å². The molecule has 1 aromatic heterocycles. The predicted molar refractivity (Wildman–Crippen MR) is 139 cm³/mol.